The maximum Gasteiger partial charge on any atom is 0.262 e. The van der Waals surface area contributed by atoms with E-state index < -0.39 is 6.10 Å². The summed E-state index contributed by atoms with van der Waals surface area (Å²) in [5, 5.41) is 12.3. The van der Waals surface area contributed by atoms with E-state index in [1.54, 1.807) is 25.1 Å². The van der Waals surface area contributed by atoms with E-state index in [-0.39, 0.29) is 12.5 Å². The van der Waals surface area contributed by atoms with E-state index in [1.807, 2.05) is 37.3 Å². The molecule has 0 aliphatic rings. The Bertz CT molecular complexity index is 606. The number of benzene rings is 2. The largest absolute Gasteiger partial charge is 0.484 e. The van der Waals surface area contributed by atoms with E-state index in [0.29, 0.717) is 11.4 Å². The number of hydrogen-bond acceptors (Lipinski definition) is 3. The summed E-state index contributed by atoms with van der Waals surface area (Å²) in [6, 6.07) is 14.6. The van der Waals surface area contributed by atoms with E-state index >= 15 is 0 Å². The van der Waals surface area contributed by atoms with E-state index in [1.165, 1.54) is 0 Å². The van der Waals surface area contributed by atoms with Crippen molar-refractivity contribution in [3.8, 4) is 5.75 Å². The zero-order chi connectivity index (χ0) is 15.2. The average molecular weight is 285 g/mol. The molecule has 0 bridgehead atoms. The maximum atomic E-state index is 11.8. The summed E-state index contributed by atoms with van der Waals surface area (Å²) in [5.41, 5.74) is 2.54. The molecule has 0 heterocycles. The highest BCUT2D eigenvalue weighted by Gasteiger charge is 2.06. The van der Waals surface area contributed by atoms with Gasteiger partial charge in [0.1, 0.15) is 5.75 Å². The molecule has 2 aromatic rings. The van der Waals surface area contributed by atoms with Crippen LogP contribution in [0.1, 0.15) is 24.2 Å². The molecule has 0 spiro atoms. The highest BCUT2D eigenvalue weighted by Crippen LogP contribution is 2.17. The summed E-state index contributed by atoms with van der Waals surface area (Å²) in [6.07, 6.45) is -0.564. The topological polar surface area (TPSA) is 58.6 Å². The lowest BCUT2D eigenvalue weighted by atomic mass is 10.1. The quantitative estimate of drug-likeness (QED) is 0.887. The summed E-state index contributed by atoms with van der Waals surface area (Å²) in [4.78, 5) is 11.8. The molecular formula is C17H19NO3. The Morgan fingerprint density at radius 2 is 1.95 bits per heavy atom. The van der Waals surface area contributed by atoms with Crippen molar-refractivity contribution >= 4 is 11.6 Å². The molecule has 0 aromatic heterocycles. The Morgan fingerprint density at radius 3 is 2.62 bits per heavy atom. The molecule has 2 N–H and O–H groups in total. The van der Waals surface area contributed by atoms with Crippen LogP contribution in [0.2, 0.25) is 0 Å². The lowest BCUT2D eigenvalue weighted by Crippen LogP contribution is -2.20. The SMILES string of the molecule is Cc1ccc(OCC(=O)Nc2cccc([C@@H](C)O)c2)cc1. The number of anilines is 1. The van der Waals surface area contributed by atoms with Gasteiger partial charge >= 0.3 is 0 Å². The molecule has 2 aromatic carbocycles. The third-order valence-corrected chi connectivity index (χ3v) is 3.04. The predicted molar refractivity (Wildman–Crippen MR) is 82.4 cm³/mol. The van der Waals surface area contributed by atoms with Gasteiger partial charge in [0.05, 0.1) is 6.10 Å². The minimum Gasteiger partial charge on any atom is -0.484 e. The van der Waals surface area contributed by atoms with Crippen molar-refractivity contribution in [2.45, 2.75) is 20.0 Å². The molecule has 2 rings (SSSR count). The molecule has 0 radical (unpaired) electrons. The van der Waals surface area contributed by atoms with Crippen LogP contribution < -0.4 is 10.1 Å². The van der Waals surface area contributed by atoms with Crippen LogP contribution in [-0.4, -0.2) is 17.6 Å². The molecule has 0 saturated carbocycles. The van der Waals surface area contributed by atoms with Gasteiger partial charge in [-0.05, 0) is 43.7 Å². The molecule has 0 unspecified atom stereocenters. The van der Waals surface area contributed by atoms with Crippen LogP contribution >= 0.6 is 0 Å². The highest BCUT2D eigenvalue weighted by molar-refractivity contribution is 5.91. The Kier molecular flexibility index (Phi) is 4.95. The normalized spacial score (nSPS) is 11.8. The van der Waals surface area contributed by atoms with Gasteiger partial charge in [0, 0.05) is 5.69 Å². The van der Waals surface area contributed by atoms with Crippen molar-refractivity contribution in [3.63, 3.8) is 0 Å². The van der Waals surface area contributed by atoms with Crippen LogP contribution in [0.15, 0.2) is 48.5 Å². The van der Waals surface area contributed by atoms with E-state index in [9.17, 15) is 9.90 Å². The van der Waals surface area contributed by atoms with Gasteiger partial charge in [0.15, 0.2) is 6.61 Å². The molecule has 110 valence electrons. The van der Waals surface area contributed by atoms with Gasteiger partial charge in [-0.15, -0.1) is 0 Å². The van der Waals surface area contributed by atoms with Crippen molar-refractivity contribution in [3.05, 3.63) is 59.7 Å². The zero-order valence-electron chi connectivity index (χ0n) is 12.2. The Labute approximate surface area is 124 Å². The Morgan fingerprint density at radius 1 is 1.24 bits per heavy atom. The summed E-state index contributed by atoms with van der Waals surface area (Å²) in [5.74, 6) is 0.423. The average Bonchev–Trinajstić information content (AvgIpc) is 2.47. The predicted octanol–water partition coefficient (Wildman–Crippen LogP) is 3.07. The number of aliphatic hydroxyl groups excluding tert-OH is 1. The van der Waals surface area contributed by atoms with E-state index in [2.05, 4.69) is 5.32 Å². The molecule has 1 amide bonds. The maximum absolute atomic E-state index is 11.8. The molecule has 0 aliphatic carbocycles. The summed E-state index contributed by atoms with van der Waals surface area (Å²) < 4.78 is 5.41. The van der Waals surface area contributed by atoms with Gasteiger partial charge in [-0.1, -0.05) is 29.8 Å². The van der Waals surface area contributed by atoms with Crippen LogP contribution in [-0.2, 0) is 4.79 Å². The van der Waals surface area contributed by atoms with Crippen LogP contribution in [0.4, 0.5) is 5.69 Å². The molecule has 1 atom stereocenters. The number of aliphatic hydroxyl groups is 1. The molecule has 0 fully saturated rings. The molecular weight excluding hydrogens is 266 g/mol. The van der Waals surface area contributed by atoms with Crippen molar-refractivity contribution < 1.29 is 14.6 Å². The molecule has 0 aliphatic heterocycles. The standard InChI is InChI=1S/C17H19NO3/c1-12-6-8-16(9-7-12)21-11-17(20)18-15-5-3-4-14(10-15)13(2)19/h3-10,13,19H,11H2,1-2H3,(H,18,20)/t13-/m1/s1. The fourth-order valence-corrected chi connectivity index (χ4v) is 1.86. The van der Waals surface area contributed by atoms with E-state index in [4.69, 9.17) is 4.74 Å². The summed E-state index contributed by atoms with van der Waals surface area (Å²) in [7, 11) is 0. The summed E-state index contributed by atoms with van der Waals surface area (Å²) in [6.45, 7) is 3.62. The first-order valence-electron chi connectivity index (χ1n) is 6.82. The first kappa shape index (κ1) is 15.1. The zero-order valence-corrected chi connectivity index (χ0v) is 12.2. The fraction of sp³-hybridized carbons (Fsp3) is 0.235. The van der Waals surface area contributed by atoms with Gasteiger partial charge in [-0.2, -0.15) is 0 Å². The number of nitrogens with one attached hydrogen (secondary N) is 1. The Balaban J connectivity index is 1.89. The first-order valence-corrected chi connectivity index (χ1v) is 6.82. The molecule has 4 heteroatoms. The van der Waals surface area contributed by atoms with Crippen LogP contribution in [0.25, 0.3) is 0 Å². The lowest BCUT2D eigenvalue weighted by Gasteiger charge is -2.10. The van der Waals surface area contributed by atoms with Gasteiger partial charge in [-0.25, -0.2) is 0 Å². The summed E-state index contributed by atoms with van der Waals surface area (Å²) >= 11 is 0. The monoisotopic (exact) mass is 285 g/mol. The lowest BCUT2D eigenvalue weighted by molar-refractivity contribution is -0.118. The number of carbonyl (C=O) groups is 1. The molecule has 0 saturated heterocycles. The molecule has 21 heavy (non-hydrogen) atoms. The van der Waals surface area contributed by atoms with Crippen molar-refractivity contribution in [1.29, 1.82) is 0 Å². The second-order valence-electron chi connectivity index (χ2n) is 4.95. The number of carbonyl (C=O) groups excluding carboxylic acids is 1. The first-order chi connectivity index (χ1) is 10.0. The van der Waals surface area contributed by atoms with Gasteiger partial charge in [0.25, 0.3) is 5.91 Å². The minimum atomic E-state index is -0.564. The van der Waals surface area contributed by atoms with Crippen LogP contribution in [0, 0.1) is 6.92 Å². The fourth-order valence-electron chi connectivity index (χ4n) is 1.86. The second kappa shape index (κ2) is 6.90. The third kappa shape index (κ3) is 4.61. The van der Waals surface area contributed by atoms with Gasteiger partial charge in [-0.3, -0.25) is 4.79 Å². The van der Waals surface area contributed by atoms with E-state index in [0.717, 1.165) is 11.1 Å². The molecule has 4 nitrogen and oxygen atoms in total. The van der Waals surface area contributed by atoms with Gasteiger partial charge < -0.3 is 15.2 Å². The van der Waals surface area contributed by atoms with Crippen molar-refractivity contribution in [2.24, 2.45) is 0 Å². The highest BCUT2D eigenvalue weighted by atomic mass is 16.5. The Hall–Kier alpha value is -2.33. The minimum absolute atomic E-state index is 0.0536. The van der Waals surface area contributed by atoms with Gasteiger partial charge in [0.2, 0.25) is 0 Å². The number of amides is 1. The van der Waals surface area contributed by atoms with Crippen molar-refractivity contribution in [1.82, 2.24) is 0 Å². The number of aryl methyl sites for hydroxylation is 1. The second-order valence-corrected chi connectivity index (χ2v) is 4.95. The van der Waals surface area contributed by atoms with Crippen LogP contribution in [0.5, 0.6) is 5.75 Å². The van der Waals surface area contributed by atoms with Crippen LogP contribution in [0.3, 0.4) is 0 Å². The number of rotatable bonds is 5. The van der Waals surface area contributed by atoms with Crippen molar-refractivity contribution in [2.75, 3.05) is 11.9 Å². The smallest absolute Gasteiger partial charge is 0.262 e. The number of hydrogen-bond donors (Lipinski definition) is 2. The third-order valence-electron chi connectivity index (χ3n) is 3.04. The number of ether oxygens (including phenoxy) is 1.